The van der Waals surface area contributed by atoms with E-state index in [9.17, 15) is 23.6 Å². The Balaban J connectivity index is 0.757. The first-order valence-electron chi connectivity index (χ1n) is 21.2. The number of benzene rings is 2. The Labute approximate surface area is 373 Å². The molecule has 4 N–H and O–H groups in total. The summed E-state index contributed by atoms with van der Waals surface area (Å²) >= 11 is 12.5. The molecule has 3 atom stereocenters. The summed E-state index contributed by atoms with van der Waals surface area (Å²) in [6.07, 6.45) is 13.5. The van der Waals surface area contributed by atoms with Gasteiger partial charge in [-0.25, -0.2) is 9.37 Å². The van der Waals surface area contributed by atoms with Gasteiger partial charge in [0, 0.05) is 72.0 Å². The second kappa shape index (κ2) is 19.2. The molecule has 3 aliphatic heterocycles. The third-order valence-electron chi connectivity index (χ3n) is 11.8. The monoisotopic (exact) mass is 899 g/mol. The van der Waals surface area contributed by atoms with Gasteiger partial charge in [0.15, 0.2) is 11.6 Å². The second-order valence-corrected chi connectivity index (χ2v) is 17.0. The number of anilines is 2. The van der Waals surface area contributed by atoms with Crippen LogP contribution in [0.3, 0.4) is 0 Å². The number of halogens is 3. The van der Waals surface area contributed by atoms with Gasteiger partial charge < -0.3 is 20.7 Å². The number of likely N-dealkylation sites (tertiary alicyclic amines) is 1. The van der Waals surface area contributed by atoms with Crippen molar-refractivity contribution in [3.8, 4) is 16.9 Å². The van der Waals surface area contributed by atoms with Crippen LogP contribution in [0.2, 0.25) is 10.0 Å². The van der Waals surface area contributed by atoms with Gasteiger partial charge in [0.2, 0.25) is 11.8 Å². The third-order valence-corrected chi connectivity index (χ3v) is 12.5. The second-order valence-electron chi connectivity index (χ2n) is 16.2. The fourth-order valence-electron chi connectivity index (χ4n) is 8.52. The van der Waals surface area contributed by atoms with Crippen molar-refractivity contribution in [1.82, 2.24) is 44.9 Å². The Morgan fingerprint density at radius 3 is 2.70 bits per heavy atom. The number of pyridine rings is 1. The quantitative estimate of drug-likeness (QED) is 0.0511. The largest absolute Gasteiger partial charge is 0.482 e. The highest BCUT2D eigenvalue weighted by Gasteiger charge is 2.45. The maximum absolute atomic E-state index is 14.2. The lowest BCUT2D eigenvalue weighted by Crippen LogP contribution is -2.54. The van der Waals surface area contributed by atoms with Crippen molar-refractivity contribution in [3.63, 3.8) is 0 Å². The van der Waals surface area contributed by atoms with Crippen molar-refractivity contribution in [2.75, 3.05) is 37.2 Å². The van der Waals surface area contributed by atoms with Crippen molar-refractivity contribution in [3.05, 3.63) is 99.4 Å². The number of nitrogens with two attached hydrogens (primary N) is 1. The zero-order valence-electron chi connectivity index (χ0n) is 34.7. The number of aromatic nitrogens is 6. The number of hydrogen-bond donors (Lipinski definition) is 3. The minimum atomic E-state index is -0.999. The number of piperidine rings is 2. The van der Waals surface area contributed by atoms with Gasteiger partial charge in [0.1, 0.15) is 18.0 Å². The highest BCUT2D eigenvalue weighted by Crippen LogP contribution is 2.38. The normalized spacial score (nSPS) is 18.4. The number of fused-ring (bicyclic) bond motifs is 1. The Kier molecular flexibility index (Phi) is 13.3. The molecule has 5 aromatic rings. The van der Waals surface area contributed by atoms with Crippen LogP contribution in [0.25, 0.3) is 11.1 Å². The molecule has 0 saturated carbocycles. The molecule has 4 amide bonds. The number of rotatable bonds is 17. The fourth-order valence-corrected chi connectivity index (χ4v) is 9.19. The molecule has 2 unspecified atom stereocenters. The number of nitrogens with one attached hydrogen (secondary N) is 2. The molecule has 2 aromatic carbocycles. The zero-order valence-corrected chi connectivity index (χ0v) is 36.2. The number of ether oxygens (including phenoxy) is 1. The summed E-state index contributed by atoms with van der Waals surface area (Å²) in [5.74, 6) is -2.15. The first-order valence-corrected chi connectivity index (χ1v) is 22.0. The third kappa shape index (κ3) is 9.70. The summed E-state index contributed by atoms with van der Waals surface area (Å²) in [6.45, 7) is 5.89. The maximum atomic E-state index is 14.2. The lowest BCUT2D eigenvalue weighted by atomic mass is 10.0. The molecule has 16 nitrogen and oxygen atoms in total. The highest BCUT2D eigenvalue weighted by atomic mass is 35.5. The van der Waals surface area contributed by atoms with Crippen LogP contribution in [-0.4, -0.2) is 95.4 Å². The van der Waals surface area contributed by atoms with E-state index in [1.807, 2.05) is 28.0 Å². The lowest BCUT2D eigenvalue weighted by Gasteiger charge is -2.32. The van der Waals surface area contributed by atoms with Crippen molar-refractivity contribution >= 4 is 58.3 Å². The molecule has 0 spiro atoms. The van der Waals surface area contributed by atoms with Crippen LogP contribution >= 0.6 is 23.2 Å². The number of nitrogens with zero attached hydrogens (tertiary/aromatic N) is 8. The van der Waals surface area contributed by atoms with E-state index in [1.165, 1.54) is 12.1 Å². The highest BCUT2D eigenvalue weighted by molar-refractivity contribution is 6.36. The number of unbranched alkanes of at least 4 members (excludes halogenated alkanes) is 2. The molecule has 63 heavy (non-hydrogen) atoms. The standard InChI is InChI=1S/C44H48Cl2FN11O5/c1-26(38-32(45)12-13-33(47)40(38)46)63-36-20-27(21-50-41(36)48)28-22-51-57(23-28)30-9-7-18-55(25-30)17-6-8-29-24-56(54-53-29)19-4-2-3-16-49-34-11-5-10-31-39(34)44(62)58(43(31)61)35-14-15-37(59)52-42(35)60/h5,10-13,20-24,26,30,35,49H,2-4,6-9,14-19,25H2,1H3,(H2,48,50)(H,52,59,60)/t26-,30?,35?/m1/s1. The molecule has 2 fully saturated rings. The zero-order chi connectivity index (χ0) is 44.2. The van der Waals surface area contributed by atoms with Crippen LogP contribution in [0, 0.1) is 5.82 Å². The van der Waals surface area contributed by atoms with E-state index >= 15 is 0 Å². The van der Waals surface area contributed by atoms with Crippen molar-refractivity contribution in [2.24, 2.45) is 0 Å². The Morgan fingerprint density at radius 1 is 1.00 bits per heavy atom. The number of amides is 4. The Bertz CT molecular complexity index is 2530. The molecule has 330 valence electrons. The SMILES string of the molecule is C[C@@H](Oc1cc(-c2cnn(C3CCCN(CCCc4cn(CCCCCNc5cccc6c5C(=O)N(C5CCC(=O)NC5=O)C6=O)nn4)C3)c2)cnc1N)c1c(Cl)ccc(F)c1Cl. The van der Waals surface area contributed by atoms with Crippen LogP contribution in [0.5, 0.6) is 5.75 Å². The molecule has 3 aliphatic rings. The molecular weight excluding hydrogens is 852 g/mol. The lowest BCUT2D eigenvalue weighted by molar-refractivity contribution is -0.136. The topological polar surface area (TPSA) is 195 Å². The van der Waals surface area contributed by atoms with Gasteiger partial charge >= 0.3 is 0 Å². The van der Waals surface area contributed by atoms with E-state index in [0.717, 1.165) is 92.8 Å². The van der Waals surface area contributed by atoms with Gasteiger partial charge in [-0.05, 0) is 102 Å². The van der Waals surface area contributed by atoms with E-state index in [2.05, 4.69) is 30.8 Å². The molecule has 8 rings (SSSR count). The van der Waals surface area contributed by atoms with Crippen LogP contribution in [0.15, 0.2) is 61.2 Å². The predicted octanol–water partition coefficient (Wildman–Crippen LogP) is 6.66. The molecule has 3 aromatic heterocycles. The van der Waals surface area contributed by atoms with Crippen LogP contribution in [0.4, 0.5) is 15.9 Å². The van der Waals surface area contributed by atoms with Gasteiger partial charge in [-0.2, -0.15) is 5.10 Å². The van der Waals surface area contributed by atoms with E-state index < -0.39 is 41.6 Å². The van der Waals surface area contributed by atoms with Crippen LogP contribution in [-0.2, 0) is 22.6 Å². The minimum absolute atomic E-state index is 0.0742. The van der Waals surface area contributed by atoms with Crippen molar-refractivity contribution in [1.29, 1.82) is 0 Å². The summed E-state index contributed by atoms with van der Waals surface area (Å²) in [5.41, 5.74) is 10.2. The van der Waals surface area contributed by atoms with Gasteiger partial charge in [-0.3, -0.25) is 38.8 Å². The Hall–Kier alpha value is -5.91. The van der Waals surface area contributed by atoms with Gasteiger partial charge in [-0.15, -0.1) is 5.10 Å². The van der Waals surface area contributed by atoms with Crippen molar-refractivity contribution in [2.45, 2.75) is 89.4 Å². The number of nitrogen functional groups attached to an aromatic ring is 1. The summed E-state index contributed by atoms with van der Waals surface area (Å²) in [5, 5.41) is 19.2. The predicted molar refractivity (Wildman–Crippen MR) is 234 cm³/mol. The molecular formula is C44H48Cl2FN11O5. The molecule has 0 bridgehead atoms. The number of imide groups is 2. The first-order chi connectivity index (χ1) is 30.4. The van der Waals surface area contributed by atoms with E-state index in [0.29, 0.717) is 28.6 Å². The number of hydrogen-bond acceptors (Lipinski definition) is 12. The van der Waals surface area contributed by atoms with Gasteiger partial charge in [-0.1, -0.05) is 34.5 Å². The van der Waals surface area contributed by atoms with E-state index in [4.69, 9.17) is 38.8 Å². The summed E-state index contributed by atoms with van der Waals surface area (Å²) in [6, 6.07) is 8.73. The number of carbonyl (C=O) groups is 4. The maximum Gasteiger partial charge on any atom is 0.264 e. The first kappa shape index (κ1) is 43.7. The summed E-state index contributed by atoms with van der Waals surface area (Å²) in [4.78, 5) is 58.3. The average molecular weight is 901 g/mol. The molecule has 0 radical (unpaired) electrons. The van der Waals surface area contributed by atoms with Crippen LogP contribution < -0.4 is 21.1 Å². The van der Waals surface area contributed by atoms with E-state index in [1.54, 1.807) is 37.4 Å². The molecule has 19 heteroatoms. The fraction of sp³-hybridized carbons (Fsp3) is 0.409. The van der Waals surface area contributed by atoms with Gasteiger partial charge in [0.25, 0.3) is 11.8 Å². The number of carbonyl (C=O) groups excluding carboxylic acids is 4. The Morgan fingerprint density at radius 2 is 1.86 bits per heavy atom. The van der Waals surface area contributed by atoms with Crippen molar-refractivity contribution < 1.29 is 28.3 Å². The van der Waals surface area contributed by atoms with Gasteiger partial charge in [0.05, 0.1) is 34.1 Å². The van der Waals surface area contributed by atoms with Crippen LogP contribution in [0.1, 0.15) is 102 Å². The summed E-state index contributed by atoms with van der Waals surface area (Å²) in [7, 11) is 0. The molecule has 0 aliphatic carbocycles. The smallest absolute Gasteiger partial charge is 0.264 e. The summed E-state index contributed by atoms with van der Waals surface area (Å²) < 4.78 is 24.2. The van der Waals surface area contributed by atoms with E-state index in [-0.39, 0.29) is 40.9 Å². The number of aryl methyl sites for hydroxylation is 2. The molecule has 6 heterocycles. The molecule has 2 saturated heterocycles. The minimum Gasteiger partial charge on any atom is -0.482 e. The average Bonchev–Trinajstić information content (AvgIpc) is 4.01.